The van der Waals surface area contributed by atoms with Gasteiger partial charge in [-0.15, -0.1) is 0 Å². The predicted molar refractivity (Wildman–Crippen MR) is 112 cm³/mol. The van der Waals surface area contributed by atoms with Crippen molar-refractivity contribution in [2.24, 2.45) is 0 Å². The highest BCUT2D eigenvalue weighted by Gasteiger charge is 2.22. The zero-order valence-corrected chi connectivity index (χ0v) is 18.0. The summed E-state index contributed by atoms with van der Waals surface area (Å²) >= 11 is 0. The molecular weight excluding hydrogens is 352 g/mol. The molecule has 154 valence electrons. The average Bonchev–Trinajstić information content (AvgIpc) is 3.31. The molecule has 0 spiro atoms. The van der Waals surface area contributed by atoms with Gasteiger partial charge in [-0.25, -0.2) is 4.68 Å². The van der Waals surface area contributed by atoms with Crippen LogP contribution in [0.15, 0.2) is 6.07 Å². The van der Waals surface area contributed by atoms with E-state index in [2.05, 4.69) is 41.4 Å². The van der Waals surface area contributed by atoms with E-state index in [0.717, 1.165) is 55.1 Å². The van der Waals surface area contributed by atoms with E-state index in [-0.39, 0.29) is 12.5 Å². The number of hydrogen-bond acceptors (Lipinski definition) is 4. The van der Waals surface area contributed by atoms with Gasteiger partial charge >= 0.3 is 0 Å². The Balaban J connectivity index is 1.66. The zero-order chi connectivity index (χ0) is 20.3. The summed E-state index contributed by atoms with van der Waals surface area (Å²) in [7, 11) is 4.18. The Kier molecular flexibility index (Phi) is 6.54. The minimum Gasteiger partial charge on any atom is -0.309 e. The van der Waals surface area contributed by atoms with Crippen molar-refractivity contribution in [3.05, 3.63) is 28.7 Å². The predicted octanol–water partition coefficient (Wildman–Crippen LogP) is 3.25. The standard InChI is InChI=1S/C21H34N6O/c1-15-13-20(27(23-15)18-9-6-7-10-18)22-21(28)14-26-17(3)19(16(2)24-26)11-8-12-25(4)5/h13,18H,6-12,14H2,1-5H3,(H,22,28). The Morgan fingerprint density at radius 1 is 1.21 bits per heavy atom. The largest absolute Gasteiger partial charge is 0.309 e. The van der Waals surface area contributed by atoms with Crippen LogP contribution in [-0.4, -0.2) is 51.0 Å². The normalized spacial score (nSPS) is 14.9. The molecule has 0 unspecified atom stereocenters. The van der Waals surface area contributed by atoms with Gasteiger partial charge in [0.25, 0.3) is 0 Å². The fourth-order valence-corrected chi connectivity index (χ4v) is 4.18. The van der Waals surface area contributed by atoms with Crippen molar-refractivity contribution in [3.63, 3.8) is 0 Å². The van der Waals surface area contributed by atoms with E-state index in [1.807, 2.05) is 29.3 Å². The van der Waals surface area contributed by atoms with Crippen LogP contribution in [0, 0.1) is 20.8 Å². The van der Waals surface area contributed by atoms with Crippen LogP contribution in [0.25, 0.3) is 0 Å². The minimum atomic E-state index is -0.0513. The Morgan fingerprint density at radius 2 is 1.93 bits per heavy atom. The Bertz CT molecular complexity index is 813. The van der Waals surface area contributed by atoms with Gasteiger partial charge in [0.15, 0.2) is 0 Å². The molecule has 3 rings (SSSR count). The molecule has 0 saturated heterocycles. The first kappa shape index (κ1) is 20.6. The minimum absolute atomic E-state index is 0.0513. The highest BCUT2D eigenvalue weighted by atomic mass is 16.2. The summed E-state index contributed by atoms with van der Waals surface area (Å²) in [6, 6.07) is 2.37. The Labute approximate surface area is 168 Å². The zero-order valence-electron chi connectivity index (χ0n) is 18.0. The summed E-state index contributed by atoms with van der Waals surface area (Å²) in [4.78, 5) is 14.9. The number of aryl methyl sites for hydroxylation is 2. The number of carbonyl (C=O) groups is 1. The van der Waals surface area contributed by atoms with E-state index in [1.165, 1.54) is 18.4 Å². The maximum absolute atomic E-state index is 12.7. The Hall–Kier alpha value is -2.15. The molecule has 0 aromatic carbocycles. The SMILES string of the molecule is Cc1cc(NC(=O)Cn2nc(C)c(CCCN(C)C)c2C)n(C2CCCC2)n1. The van der Waals surface area contributed by atoms with Gasteiger partial charge in [-0.2, -0.15) is 10.2 Å². The lowest BCUT2D eigenvalue weighted by atomic mass is 10.1. The van der Waals surface area contributed by atoms with E-state index in [0.29, 0.717) is 6.04 Å². The number of anilines is 1. The van der Waals surface area contributed by atoms with Gasteiger partial charge in [0.05, 0.1) is 17.4 Å². The number of carbonyl (C=O) groups excluding carboxylic acids is 1. The lowest BCUT2D eigenvalue weighted by Crippen LogP contribution is -2.23. The molecule has 7 heteroatoms. The van der Waals surface area contributed by atoms with Gasteiger partial charge in [-0.05, 0) is 72.7 Å². The quantitative estimate of drug-likeness (QED) is 0.756. The monoisotopic (exact) mass is 386 g/mol. The number of aromatic nitrogens is 4. The number of nitrogens with one attached hydrogen (secondary N) is 1. The number of amides is 1. The second-order valence-corrected chi connectivity index (χ2v) is 8.32. The first-order valence-electron chi connectivity index (χ1n) is 10.4. The molecule has 1 fully saturated rings. The maximum atomic E-state index is 12.7. The number of nitrogens with zero attached hydrogens (tertiary/aromatic N) is 5. The summed E-state index contributed by atoms with van der Waals surface area (Å²) < 4.78 is 3.84. The van der Waals surface area contributed by atoms with E-state index >= 15 is 0 Å². The lowest BCUT2D eigenvalue weighted by Gasteiger charge is -2.15. The summed E-state index contributed by atoms with van der Waals surface area (Å²) in [5, 5.41) is 12.3. The second kappa shape index (κ2) is 8.90. The molecule has 0 radical (unpaired) electrons. The van der Waals surface area contributed by atoms with Crippen LogP contribution in [0.5, 0.6) is 0 Å². The van der Waals surface area contributed by atoms with Crippen molar-refractivity contribution >= 4 is 11.7 Å². The molecule has 28 heavy (non-hydrogen) atoms. The summed E-state index contributed by atoms with van der Waals surface area (Å²) in [6.45, 7) is 7.35. The van der Waals surface area contributed by atoms with Crippen molar-refractivity contribution in [1.29, 1.82) is 0 Å². The van der Waals surface area contributed by atoms with Gasteiger partial charge in [0.1, 0.15) is 12.4 Å². The highest BCUT2D eigenvalue weighted by molar-refractivity contribution is 5.89. The van der Waals surface area contributed by atoms with Gasteiger partial charge in [-0.1, -0.05) is 12.8 Å². The van der Waals surface area contributed by atoms with Crippen LogP contribution in [-0.2, 0) is 17.8 Å². The van der Waals surface area contributed by atoms with Crippen molar-refractivity contribution in [2.45, 2.75) is 71.9 Å². The molecule has 7 nitrogen and oxygen atoms in total. The van der Waals surface area contributed by atoms with E-state index in [1.54, 1.807) is 0 Å². The molecule has 2 heterocycles. The molecule has 2 aromatic rings. The number of hydrogen-bond donors (Lipinski definition) is 1. The third-order valence-electron chi connectivity index (χ3n) is 5.65. The number of rotatable bonds is 8. The third-order valence-corrected chi connectivity index (χ3v) is 5.65. The summed E-state index contributed by atoms with van der Waals surface area (Å²) in [5.41, 5.74) is 4.32. The smallest absolute Gasteiger partial charge is 0.247 e. The van der Waals surface area contributed by atoms with Crippen LogP contribution in [0.4, 0.5) is 5.82 Å². The molecule has 2 aromatic heterocycles. The van der Waals surface area contributed by atoms with Crippen LogP contribution in [0.1, 0.15) is 60.8 Å². The van der Waals surface area contributed by atoms with Gasteiger partial charge in [0, 0.05) is 11.8 Å². The van der Waals surface area contributed by atoms with Crippen LogP contribution < -0.4 is 5.32 Å². The van der Waals surface area contributed by atoms with Crippen molar-refractivity contribution < 1.29 is 4.79 Å². The van der Waals surface area contributed by atoms with E-state index in [9.17, 15) is 4.79 Å². The summed E-state index contributed by atoms with van der Waals surface area (Å²) in [6.07, 6.45) is 6.83. The van der Waals surface area contributed by atoms with Crippen molar-refractivity contribution in [1.82, 2.24) is 24.5 Å². The van der Waals surface area contributed by atoms with Gasteiger partial charge in [-0.3, -0.25) is 9.48 Å². The van der Waals surface area contributed by atoms with Crippen LogP contribution in [0.3, 0.4) is 0 Å². The molecule has 1 amide bonds. The molecule has 0 bridgehead atoms. The van der Waals surface area contributed by atoms with Gasteiger partial charge < -0.3 is 10.2 Å². The second-order valence-electron chi connectivity index (χ2n) is 8.32. The average molecular weight is 387 g/mol. The topological polar surface area (TPSA) is 68.0 Å². The lowest BCUT2D eigenvalue weighted by molar-refractivity contribution is -0.117. The molecule has 0 aliphatic heterocycles. The molecule has 1 aliphatic rings. The fraction of sp³-hybridized carbons (Fsp3) is 0.667. The Morgan fingerprint density at radius 3 is 2.61 bits per heavy atom. The van der Waals surface area contributed by atoms with Crippen LogP contribution >= 0.6 is 0 Å². The molecule has 0 atom stereocenters. The van der Waals surface area contributed by atoms with Crippen molar-refractivity contribution in [2.75, 3.05) is 26.0 Å². The van der Waals surface area contributed by atoms with E-state index < -0.39 is 0 Å². The maximum Gasteiger partial charge on any atom is 0.247 e. The van der Waals surface area contributed by atoms with Crippen molar-refractivity contribution in [3.8, 4) is 0 Å². The molecule has 1 aliphatic carbocycles. The molecule has 1 N–H and O–H groups in total. The first-order chi connectivity index (χ1) is 13.3. The van der Waals surface area contributed by atoms with Crippen LogP contribution in [0.2, 0.25) is 0 Å². The highest BCUT2D eigenvalue weighted by Crippen LogP contribution is 2.31. The first-order valence-corrected chi connectivity index (χ1v) is 10.4. The third kappa shape index (κ3) is 4.82. The fourth-order valence-electron chi connectivity index (χ4n) is 4.18. The molecular formula is C21H34N6O. The summed E-state index contributed by atoms with van der Waals surface area (Å²) in [5.74, 6) is 0.756. The molecule has 1 saturated carbocycles. The van der Waals surface area contributed by atoms with E-state index in [4.69, 9.17) is 0 Å². The van der Waals surface area contributed by atoms with Gasteiger partial charge in [0.2, 0.25) is 5.91 Å².